The zero-order chi connectivity index (χ0) is 18.9. The number of ether oxygens (including phenoxy) is 1. The molecule has 0 aliphatic heterocycles. The summed E-state index contributed by atoms with van der Waals surface area (Å²) in [5.41, 5.74) is 0. The van der Waals surface area contributed by atoms with Gasteiger partial charge < -0.3 is 15.4 Å². The van der Waals surface area contributed by atoms with E-state index in [9.17, 15) is 13.2 Å². The molecule has 27 heavy (non-hydrogen) atoms. The molecule has 1 aromatic carbocycles. The summed E-state index contributed by atoms with van der Waals surface area (Å²) in [7, 11) is 1.57. The summed E-state index contributed by atoms with van der Waals surface area (Å²) in [5, 5.41) is 5.99. The Hall–Kier alpha value is -1.98. The molecule has 1 heterocycles. The van der Waals surface area contributed by atoms with Crippen LogP contribution in [0.5, 0.6) is 5.75 Å². The van der Waals surface area contributed by atoms with E-state index in [1.165, 1.54) is 24.5 Å². The van der Waals surface area contributed by atoms with Gasteiger partial charge in [-0.15, -0.1) is 24.0 Å². The fourth-order valence-electron chi connectivity index (χ4n) is 2.25. The Morgan fingerprint density at radius 1 is 1.33 bits per heavy atom. The number of guanidine groups is 1. The van der Waals surface area contributed by atoms with Crippen LogP contribution in [-0.4, -0.2) is 35.2 Å². The van der Waals surface area contributed by atoms with Crippen molar-refractivity contribution in [3.63, 3.8) is 0 Å². The Labute approximate surface area is 173 Å². The first-order valence-corrected chi connectivity index (χ1v) is 8.20. The monoisotopic (exact) mass is 497 g/mol. The molecular weight excluding hydrogens is 474 g/mol. The number of alkyl halides is 2. The van der Waals surface area contributed by atoms with E-state index in [2.05, 4.69) is 20.6 Å². The quantitative estimate of drug-likeness (QED) is 0.333. The number of halogens is 4. The zero-order valence-electron chi connectivity index (χ0n) is 15.0. The van der Waals surface area contributed by atoms with Crippen LogP contribution >= 0.6 is 24.0 Å². The van der Waals surface area contributed by atoms with Crippen LogP contribution in [0.3, 0.4) is 0 Å². The third-order valence-corrected chi connectivity index (χ3v) is 3.65. The van der Waals surface area contributed by atoms with Crippen LogP contribution in [0.1, 0.15) is 25.7 Å². The molecule has 1 aromatic heterocycles. The molecule has 0 bridgehead atoms. The molecule has 0 saturated carbocycles. The van der Waals surface area contributed by atoms with Gasteiger partial charge in [-0.3, -0.25) is 9.56 Å². The normalized spacial score (nSPS) is 12.4. The first kappa shape index (κ1) is 23.1. The highest BCUT2D eigenvalue weighted by Gasteiger charge is 2.13. The molecule has 0 saturated heterocycles. The van der Waals surface area contributed by atoms with Gasteiger partial charge in [0.1, 0.15) is 23.5 Å². The second-order valence-corrected chi connectivity index (χ2v) is 5.44. The molecular formula is C17H23F3IN5O. The molecule has 2 aromatic rings. The summed E-state index contributed by atoms with van der Waals surface area (Å²) < 4.78 is 45.4. The van der Waals surface area contributed by atoms with Gasteiger partial charge in [0.2, 0.25) is 0 Å². The largest absolute Gasteiger partial charge is 0.489 e. The Balaban J connectivity index is 0.00000364. The van der Waals surface area contributed by atoms with Gasteiger partial charge >= 0.3 is 6.55 Å². The number of nitrogens with zero attached hydrogens (tertiary/aromatic N) is 3. The Morgan fingerprint density at radius 3 is 2.74 bits per heavy atom. The Kier molecular flexibility index (Phi) is 9.97. The lowest BCUT2D eigenvalue weighted by Crippen LogP contribution is -2.42. The van der Waals surface area contributed by atoms with Gasteiger partial charge in [-0.1, -0.05) is 13.0 Å². The highest BCUT2D eigenvalue weighted by Crippen LogP contribution is 2.15. The molecule has 1 atom stereocenters. The van der Waals surface area contributed by atoms with Crippen LogP contribution in [0.2, 0.25) is 0 Å². The Morgan fingerprint density at radius 2 is 2.11 bits per heavy atom. The molecule has 150 valence electrons. The summed E-state index contributed by atoms with van der Waals surface area (Å²) in [6.45, 7) is -0.191. The third-order valence-electron chi connectivity index (χ3n) is 3.65. The predicted molar refractivity (Wildman–Crippen MR) is 108 cm³/mol. The standard InChI is InChI=1S/C17H22F3N5O.HI/c1-3-13(26-14-6-4-5-12(18)9-14)10-23-17(21-2)24-11-15-22-7-8-25(15)16(19)20;/h4-9,13,16H,3,10-11H2,1-2H3,(H2,21,23,24);1H. The summed E-state index contributed by atoms with van der Waals surface area (Å²) in [4.78, 5) is 7.94. The smallest absolute Gasteiger partial charge is 0.319 e. The molecule has 0 aliphatic rings. The van der Waals surface area contributed by atoms with Crippen LogP contribution in [-0.2, 0) is 6.54 Å². The van der Waals surface area contributed by atoms with Gasteiger partial charge in [0.25, 0.3) is 0 Å². The van der Waals surface area contributed by atoms with Crippen molar-refractivity contribution in [2.24, 2.45) is 4.99 Å². The van der Waals surface area contributed by atoms with Gasteiger partial charge in [-0.05, 0) is 18.6 Å². The average molecular weight is 497 g/mol. The average Bonchev–Trinajstić information content (AvgIpc) is 3.09. The van der Waals surface area contributed by atoms with Crippen LogP contribution < -0.4 is 15.4 Å². The summed E-state index contributed by atoms with van der Waals surface area (Å²) in [6, 6.07) is 5.93. The molecule has 1 unspecified atom stereocenters. The van der Waals surface area contributed by atoms with Crippen molar-refractivity contribution in [3.8, 4) is 5.75 Å². The number of hydrogen-bond donors (Lipinski definition) is 2. The molecule has 6 nitrogen and oxygen atoms in total. The first-order chi connectivity index (χ1) is 12.5. The summed E-state index contributed by atoms with van der Waals surface area (Å²) in [6.07, 6.45) is 3.02. The summed E-state index contributed by atoms with van der Waals surface area (Å²) >= 11 is 0. The number of hydrogen-bond acceptors (Lipinski definition) is 3. The van der Waals surface area contributed by atoms with Crippen LogP contribution in [0.4, 0.5) is 13.2 Å². The van der Waals surface area contributed by atoms with Crippen molar-refractivity contribution in [2.45, 2.75) is 32.5 Å². The van der Waals surface area contributed by atoms with Gasteiger partial charge in [-0.2, -0.15) is 8.78 Å². The lowest BCUT2D eigenvalue weighted by atomic mass is 10.2. The highest BCUT2D eigenvalue weighted by atomic mass is 127. The molecule has 0 fully saturated rings. The van der Waals surface area contributed by atoms with E-state index in [4.69, 9.17) is 4.74 Å². The van der Waals surface area contributed by atoms with E-state index in [0.717, 1.165) is 4.57 Å². The van der Waals surface area contributed by atoms with Gasteiger partial charge in [-0.25, -0.2) is 9.37 Å². The van der Waals surface area contributed by atoms with Crippen LogP contribution in [0.15, 0.2) is 41.7 Å². The molecule has 2 rings (SSSR count). The molecule has 0 spiro atoms. The van der Waals surface area contributed by atoms with E-state index < -0.39 is 6.55 Å². The lowest BCUT2D eigenvalue weighted by molar-refractivity contribution is 0.0668. The number of imidazole rings is 1. The minimum atomic E-state index is -2.64. The van der Waals surface area contributed by atoms with E-state index >= 15 is 0 Å². The van der Waals surface area contributed by atoms with E-state index in [-0.39, 0.29) is 48.3 Å². The third kappa shape index (κ3) is 7.27. The van der Waals surface area contributed by atoms with Crippen molar-refractivity contribution < 1.29 is 17.9 Å². The predicted octanol–water partition coefficient (Wildman–Crippen LogP) is 3.56. The second-order valence-electron chi connectivity index (χ2n) is 5.44. The van der Waals surface area contributed by atoms with Crippen molar-refractivity contribution in [1.82, 2.24) is 20.2 Å². The first-order valence-electron chi connectivity index (χ1n) is 8.20. The molecule has 10 heteroatoms. The van der Waals surface area contributed by atoms with Crippen LogP contribution in [0, 0.1) is 5.82 Å². The molecule has 2 N–H and O–H groups in total. The molecule has 0 aliphatic carbocycles. The molecule has 0 radical (unpaired) electrons. The van der Waals surface area contributed by atoms with Crippen molar-refractivity contribution in [1.29, 1.82) is 0 Å². The Bertz CT molecular complexity index is 726. The van der Waals surface area contributed by atoms with Gasteiger partial charge in [0.15, 0.2) is 5.96 Å². The maximum Gasteiger partial charge on any atom is 0.319 e. The number of aromatic nitrogens is 2. The lowest BCUT2D eigenvalue weighted by Gasteiger charge is -2.20. The fraction of sp³-hybridized carbons (Fsp3) is 0.412. The van der Waals surface area contributed by atoms with E-state index in [1.54, 1.807) is 19.2 Å². The number of benzene rings is 1. The SMILES string of the molecule is CCC(CNC(=NC)NCc1nccn1C(F)F)Oc1cccc(F)c1.I. The number of nitrogens with one attached hydrogen (secondary N) is 2. The molecule has 0 amide bonds. The van der Waals surface area contributed by atoms with Gasteiger partial charge in [0, 0.05) is 25.5 Å². The van der Waals surface area contributed by atoms with E-state index in [0.29, 0.717) is 24.7 Å². The van der Waals surface area contributed by atoms with Gasteiger partial charge in [0.05, 0.1) is 13.1 Å². The van der Waals surface area contributed by atoms with Crippen LogP contribution in [0.25, 0.3) is 0 Å². The van der Waals surface area contributed by atoms with E-state index in [1.807, 2.05) is 6.92 Å². The minimum Gasteiger partial charge on any atom is -0.489 e. The highest BCUT2D eigenvalue weighted by molar-refractivity contribution is 14.0. The second kappa shape index (κ2) is 11.7. The topological polar surface area (TPSA) is 63.5 Å². The maximum atomic E-state index is 13.2. The number of rotatable bonds is 8. The van der Waals surface area contributed by atoms with Crippen molar-refractivity contribution in [2.75, 3.05) is 13.6 Å². The zero-order valence-corrected chi connectivity index (χ0v) is 17.4. The minimum absolute atomic E-state index is 0. The maximum absolute atomic E-state index is 13.2. The van der Waals surface area contributed by atoms with Crippen molar-refractivity contribution in [3.05, 3.63) is 48.3 Å². The fourth-order valence-corrected chi connectivity index (χ4v) is 2.25. The van der Waals surface area contributed by atoms with Crippen molar-refractivity contribution >= 4 is 29.9 Å². The summed E-state index contributed by atoms with van der Waals surface area (Å²) in [5.74, 6) is 0.707. The number of aliphatic imine (C=N–C) groups is 1.